The Bertz CT molecular complexity index is 1000. The lowest BCUT2D eigenvalue weighted by atomic mass is 10.1. The first-order valence-corrected chi connectivity index (χ1v) is 9.44. The van der Waals surface area contributed by atoms with E-state index >= 15 is 0 Å². The van der Waals surface area contributed by atoms with Crippen LogP contribution in [0.3, 0.4) is 0 Å². The summed E-state index contributed by atoms with van der Waals surface area (Å²) >= 11 is 2.72. The highest BCUT2D eigenvalue weighted by atomic mass is 32.2. The summed E-state index contributed by atoms with van der Waals surface area (Å²) in [7, 11) is 0. The van der Waals surface area contributed by atoms with Gasteiger partial charge in [-0.3, -0.25) is 4.79 Å². The van der Waals surface area contributed by atoms with Gasteiger partial charge in [-0.15, -0.1) is 0 Å². The quantitative estimate of drug-likeness (QED) is 0.698. The average Bonchev–Trinajstić information content (AvgIpc) is 2.93. The minimum Gasteiger partial charge on any atom is -0.301 e. The van der Waals surface area contributed by atoms with Crippen molar-refractivity contribution in [3.05, 3.63) is 46.6 Å². The van der Waals surface area contributed by atoms with Crippen molar-refractivity contribution in [2.24, 2.45) is 0 Å². The molecule has 3 rings (SSSR count). The van der Waals surface area contributed by atoms with E-state index < -0.39 is 0 Å². The van der Waals surface area contributed by atoms with Crippen molar-refractivity contribution >= 4 is 44.4 Å². The lowest BCUT2D eigenvalue weighted by Crippen LogP contribution is -2.14. The number of aryl methyl sites for hydroxylation is 3. The second-order valence-corrected chi connectivity index (χ2v) is 7.69. The van der Waals surface area contributed by atoms with Gasteiger partial charge in [-0.25, -0.2) is 9.97 Å². The maximum Gasteiger partial charge on any atom is 0.236 e. The number of fused-ring (bicyclic) bond motifs is 1. The summed E-state index contributed by atoms with van der Waals surface area (Å²) in [5.41, 5.74) is 4.27. The molecule has 3 aromatic rings. The number of benzene rings is 1. The molecule has 2 heterocycles. The van der Waals surface area contributed by atoms with Crippen molar-refractivity contribution in [3.8, 4) is 6.07 Å². The van der Waals surface area contributed by atoms with E-state index in [9.17, 15) is 10.1 Å². The summed E-state index contributed by atoms with van der Waals surface area (Å²) < 4.78 is 1.05. The Morgan fingerprint density at radius 1 is 1.28 bits per heavy atom. The second kappa shape index (κ2) is 7.21. The Morgan fingerprint density at radius 3 is 2.84 bits per heavy atom. The fraction of sp³-hybridized carbons (Fsp3) is 0.222. The molecule has 5 nitrogen and oxygen atoms in total. The average molecular weight is 368 g/mol. The number of thioether (sulfide) groups is 1. The number of nitrogens with one attached hydrogen (secondary N) is 1. The molecule has 0 aliphatic rings. The van der Waals surface area contributed by atoms with Crippen LogP contribution in [0.2, 0.25) is 0 Å². The van der Waals surface area contributed by atoms with Gasteiger partial charge in [0, 0.05) is 5.69 Å². The van der Waals surface area contributed by atoms with Crippen molar-refractivity contribution < 1.29 is 4.79 Å². The van der Waals surface area contributed by atoms with Crippen LogP contribution in [0.1, 0.15) is 22.4 Å². The lowest BCUT2D eigenvalue weighted by Gasteiger charge is -2.07. The van der Waals surface area contributed by atoms with E-state index in [2.05, 4.69) is 27.4 Å². The molecule has 0 fully saturated rings. The van der Waals surface area contributed by atoms with Crippen LogP contribution in [0.5, 0.6) is 0 Å². The molecular weight excluding hydrogens is 352 g/mol. The van der Waals surface area contributed by atoms with E-state index in [1.807, 2.05) is 39.0 Å². The molecule has 0 aliphatic heterocycles. The highest BCUT2D eigenvalue weighted by Crippen LogP contribution is 2.27. The molecular formula is C18H16N4OS2. The summed E-state index contributed by atoms with van der Waals surface area (Å²) in [5, 5.41) is 13.3. The second-order valence-electron chi connectivity index (χ2n) is 5.70. The minimum atomic E-state index is -0.161. The van der Waals surface area contributed by atoms with Crippen LogP contribution >= 0.6 is 23.1 Å². The van der Waals surface area contributed by atoms with Gasteiger partial charge < -0.3 is 5.32 Å². The van der Waals surface area contributed by atoms with E-state index in [0.29, 0.717) is 15.7 Å². The number of nitrogens with zero attached hydrogens (tertiary/aromatic N) is 3. The van der Waals surface area contributed by atoms with Gasteiger partial charge in [-0.2, -0.15) is 5.26 Å². The van der Waals surface area contributed by atoms with Crippen LogP contribution in [-0.4, -0.2) is 21.6 Å². The molecule has 0 atom stereocenters. The molecule has 0 radical (unpaired) electrons. The molecule has 25 heavy (non-hydrogen) atoms. The summed E-state index contributed by atoms with van der Waals surface area (Å²) in [6.45, 7) is 5.78. The molecule has 0 spiro atoms. The van der Waals surface area contributed by atoms with Gasteiger partial charge in [0.05, 0.1) is 21.5 Å². The van der Waals surface area contributed by atoms with Gasteiger partial charge in [-0.1, -0.05) is 29.2 Å². The van der Waals surface area contributed by atoms with Crippen LogP contribution in [0, 0.1) is 32.1 Å². The SMILES string of the molecule is Cc1ccc2nc(NC(=O)CSc3nc(C)cc(C)c3C#N)sc2c1. The molecule has 2 aromatic heterocycles. The van der Waals surface area contributed by atoms with E-state index in [-0.39, 0.29) is 11.7 Å². The number of hydrogen-bond acceptors (Lipinski definition) is 6. The fourth-order valence-corrected chi connectivity index (χ4v) is 4.30. The number of rotatable bonds is 4. The molecule has 1 amide bonds. The fourth-order valence-electron chi connectivity index (χ4n) is 2.42. The van der Waals surface area contributed by atoms with Crippen LogP contribution in [0.25, 0.3) is 10.2 Å². The Hall–Kier alpha value is -2.43. The number of nitriles is 1. The summed E-state index contributed by atoms with van der Waals surface area (Å²) in [6.07, 6.45) is 0. The molecule has 126 valence electrons. The Morgan fingerprint density at radius 2 is 2.08 bits per heavy atom. The zero-order valence-electron chi connectivity index (χ0n) is 14.1. The predicted molar refractivity (Wildman–Crippen MR) is 102 cm³/mol. The first-order valence-electron chi connectivity index (χ1n) is 7.64. The van der Waals surface area contributed by atoms with Crippen molar-refractivity contribution in [2.45, 2.75) is 25.8 Å². The maximum absolute atomic E-state index is 12.2. The Kier molecular flexibility index (Phi) is 5.02. The van der Waals surface area contributed by atoms with Crippen molar-refractivity contribution in [1.82, 2.24) is 9.97 Å². The Labute approximate surface area is 154 Å². The zero-order valence-corrected chi connectivity index (χ0v) is 15.7. The normalized spacial score (nSPS) is 10.6. The van der Waals surface area contributed by atoms with Crippen LogP contribution in [-0.2, 0) is 4.79 Å². The third-order valence-electron chi connectivity index (χ3n) is 3.55. The number of pyridine rings is 1. The number of aromatic nitrogens is 2. The summed E-state index contributed by atoms with van der Waals surface area (Å²) in [6, 6.07) is 10.0. The van der Waals surface area contributed by atoms with Gasteiger partial charge in [0.1, 0.15) is 11.1 Å². The molecule has 7 heteroatoms. The van der Waals surface area contributed by atoms with E-state index in [4.69, 9.17) is 0 Å². The minimum absolute atomic E-state index is 0.161. The summed E-state index contributed by atoms with van der Waals surface area (Å²) in [4.78, 5) is 21.0. The molecule has 0 unspecified atom stereocenters. The predicted octanol–water partition coefficient (Wildman–Crippen LogP) is 4.22. The zero-order chi connectivity index (χ0) is 18.0. The number of carbonyl (C=O) groups is 1. The highest BCUT2D eigenvalue weighted by Gasteiger charge is 2.13. The topological polar surface area (TPSA) is 78.7 Å². The van der Waals surface area contributed by atoms with Crippen LogP contribution in [0.15, 0.2) is 29.3 Å². The molecule has 0 aliphatic carbocycles. The van der Waals surface area contributed by atoms with Crippen LogP contribution < -0.4 is 5.32 Å². The highest BCUT2D eigenvalue weighted by molar-refractivity contribution is 8.00. The van der Waals surface area contributed by atoms with Crippen molar-refractivity contribution in [2.75, 3.05) is 11.1 Å². The van der Waals surface area contributed by atoms with Crippen molar-refractivity contribution in [3.63, 3.8) is 0 Å². The lowest BCUT2D eigenvalue weighted by molar-refractivity contribution is -0.113. The maximum atomic E-state index is 12.2. The van der Waals surface area contributed by atoms with Crippen molar-refractivity contribution in [1.29, 1.82) is 5.26 Å². The summed E-state index contributed by atoms with van der Waals surface area (Å²) in [5.74, 6) is 0.0186. The molecule has 0 bridgehead atoms. The van der Waals surface area contributed by atoms with E-state index in [1.165, 1.54) is 23.1 Å². The number of thiazole rings is 1. The first kappa shape index (κ1) is 17.4. The third-order valence-corrected chi connectivity index (χ3v) is 5.46. The number of carbonyl (C=O) groups excluding carboxylic acids is 1. The van der Waals surface area contributed by atoms with Crippen LogP contribution in [0.4, 0.5) is 5.13 Å². The third kappa shape index (κ3) is 3.98. The van der Waals surface area contributed by atoms with Gasteiger partial charge in [0.2, 0.25) is 5.91 Å². The first-order chi connectivity index (χ1) is 12.0. The van der Waals surface area contributed by atoms with Gasteiger partial charge >= 0.3 is 0 Å². The molecule has 0 saturated heterocycles. The van der Waals surface area contributed by atoms with E-state index in [0.717, 1.165) is 27.0 Å². The largest absolute Gasteiger partial charge is 0.301 e. The van der Waals surface area contributed by atoms with E-state index in [1.54, 1.807) is 0 Å². The van der Waals surface area contributed by atoms with Gasteiger partial charge in [-0.05, 0) is 50.1 Å². The van der Waals surface area contributed by atoms with Gasteiger partial charge in [0.15, 0.2) is 5.13 Å². The Balaban J connectivity index is 1.70. The molecule has 1 N–H and O–H groups in total. The molecule has 0 saturated carbocycles. The smallest absolute Gasteiger partial charge is 0.236 e. The number of hydrogen-bond donors (Lipinski definition) is 1. The standard InChI is InChI=1S/C18H16N4OS2/c1-10-4-5-14-15(6-10)25-18(21-14)22-16(23)9-24-17-13(8-19)11(2)7-12(3)20-17/h4-7H,9H2,1-3H3,(H,21,22,23). The molecule has 1 aromatic carbocycles. The number of anilines is 1. The van der Waals surface area contributed by atoms with Gasteiger partial charge in [0.25, 0.3) is 0 Å². The monoisotopic (exact) mass is 368 g/mol. The number of amides is 1.